The summed E-state index contributed by atoms with van der Waals surface area (Å²) in [6.45, 7) is 11.7. The van der Waals surface area contributed by atoms with E-state index in [0.717, 1.165) is 10.5 Å². The monoisotopic (exact) mass is 444 g/mol. The lowest BCUT2D eigenvalue weighted by Gasteiger charge is -2.04. The highest BCUT2D eigenvalue weighted by molar-refractivity contribution is 9.10. The van der Waals surface area contributed by atoms with Gasteiger partial charge in [-0.05, 0) is 17.6 Å². The van der Waals surface area contributed by atoms with Crippen molar-refractivity contribution in [1.29, 1.82) is 0 Å². The lowest BCUT2D eigenvalue weighted by Crippen LogP contribution is -2.32. The van der Waals surface area contributed by atoms with Gasteiger partial charge in [0.05, 0.1) is 0 Å². The lowest BCUT2D eigenvalue weighted by atomic mass is 9.80. The molecule has 8 heteroatoms. The third-order valence-electron chi connectivity index (χ3n) is 3.00. The minimum atomic E-state index is -1.62. The van der Waals surface area contributed by atoms with Crippen LogP contribution in [0.2, 0.25) is 0 Å². The van der Waals surface area contributed by atoms with Crippen LogP contribution in [0, 0.1) is 0 Å². The molecule has 6 nitrogen and oxygen atoms in total. The van der Waals surface area contributed by atoms with Crippen molar-refractivity contribution < 1.29 is 18.9 Å². The highest BCUT2D eigenvalue weighted by Crippen LogP contribution is 2.16. The maximum Gasteiger partial charge on any atom is 0.488 e. The average Bonchev–Trinajstić information content (AvgIpc) is 2.55. The molecule has 0 saturated carbocycles. The van der Waals surface area contributed by atoms with Gasteiger partial charge in [-0.15, -0.1) is 0 Å². The summed E-state index contributed by atoms with van der Waals surface area (Å²) in [7, 11) is -1.62. The van der Waals surface area contributed by atoms with Crippen LogP contribution < -0.4 is 16.7 Å². The zero-order chi connectivity index (χ0) is 20.4. The Morgan fingerprint density at radius 1 is 0.852 bits per heavy atom. The van der Waals surface area contributed by atoms with E-state index < -0.39 is 12.7 Å². The molecule has 0 bridgehead atoms. The van der Waals surface area contributed by atoms with Gasteiger partial charge in [0, 0.05) is 28.4 Å². The minimum Gasteiger partial charge on any atom is -0.428 e. The predicted octanol–water partition coefficient (Wildman–Crippen LogP) is 3.63. The van der Waals surface area contributed by atoms with Crippen molar-refractivity contribution in [2.24, 2.45) is 0 Å². The molecule has 2 heterocycles. The van der Waals surface area contributed by atoms with Crippen LogP contribution in [0.5, 0.6) is 0 Å². The van der Waals surface area contributed by atoms with E-state index >= 15 is 0 Å². The van der Waals surface area contributed by atoms with Gasteiger partial charge in [0.25, 0.3) is 0 Å². The van der Waals surface area contributed by atoms with Crippen molar-refractivity contribution in [3.63, 3.8) is 0 Å². The van der Waals surface area contributed by atoms with Crippen LogP contribution in [-0.2, 0) is 0 Å². The SMILES string of the molecule is C.CC.CC(C)c1cc(B(O)O)cc(=O)o1.CC(C)c1cc(Br)cc(=O)o1. The minimum absolute atomic E-state index is 0. The third kappa shape index (κ3) is 10.3. The molecule has 152 valence electrons. The number of rotatable bonds is 3. The first kappa shape index (κ1) is 27.6. The molecule has 0 unspecified atom stereocenters. The summed E-state index contributed by atoms with van der Waals surface area (Å²) in [5.41, 5.74) is -0.697. The van der Waals surface area contributed by atoms with Crippen molar-refractivity contribution in [1.82, 2.24) is 0 Å². The smallest absolute Gasteiger partial charge is 0.428 e. The van der Waals surface area contributed by atoms with E-state index in [4.69, 9.17) is 18.9 Å². The standard InChI is InChI=1S/C8H11BO4.C8H9BrO2.C2H6.CH4/c1-5(2)7-3-6(9(11)12)4-8(10)13-7;1-5(2)7-3-6(9)4-8(10)11-7;1-2;/h3-5,11-12H,1-2H3;3-5H,1-2H3;1-2H3;1H4. The molecule has 0 aliphatic heterocycles. The van der Waals surface area contributed by atoms with Crippen LogP contribution in [-0.4, -0.2) is 17.2 Å². The van der Waals surface area contributed by atoms with Crippen molar-refractivity contribution in [2.45, 2.75) is 60.8 Å². The van der Waals surface area contributed by atoms with Gasteiger partial charge in [-0.1, -0.05) is 64.9 Å². The van der Waals surface area contributed by atoms with Crippen molar-refractivity contribution >= 4 is 28.5 Å². The van der Waals surface area contributed by atoms with E-state index in [-0.39, 0.29) is 30.4 Å². The van der Waals surface area contributed by atoms with E-state index in [1.807, 2.05) is 47.6 Å². The summed E-state index contributed by atoms with van der Waals surface area (Å²) >= 11 is 3.22. The Morgan fingerprint density at radius 2 is 1.26 bits per heavy atom. The first-order valence-corrected chi connectivity index (χ1v) is 9.21. The fraction of sp³-hybridized carbons (Fsp3) is 0.474. The van der Waals surface area contributed by atoms with Crippen molar-refractivity contribution in [2.75, 3.05) is 0 Å². The van der Waals surface area contributed by atoms with Gasteiger partial charge in [0.15, 0.2) is 0 Å². The second-order valence-electron chi connectivity index (χ2n) is 5.79. The van der Waals surface area contributed by atoms with Crippen LogP contribution in [0.15, 0.2) is 47.2 Å². The predicted molar refractivity (Wildman–Crippen MR) is 114 cm³/mol. The second-order valence-corrected chi connectivity index (χ2v) is 6.71. The van der Waals surface area contributed by atoms with Crippen molar-refractivity contribution in [3.05, 3.63) is 61.1 Å². The van der Waals surface area contributed by atoms with Crippen LogP contribution in [0.25, 0.3) is 0 Å². The molecule has 0 spiro atoms. The molecule has 2 aromatic heterocycles. The first-order chi connectivity index (χ1) is 12.1. The van der Waals surface area contributed by atoms with Crippen LogP contribution in [0.4, 0.5) is 0 Å². The zero-order valence-corrected chi connectivity index (χ0v) is 17.5. The Bertz CT molecular complexity index is 751. The fourth-order valence-electron chi connectivity index (χ4n) is 1.70. The van der Waals surface area contributed by atoms with Gasteiger partial charge in [0.1, 0.15) is 11.5 Å². The highest BCUT2D eigenvalue weighted by atomic mass is 79.9. The van der Waals surface area contributed by atoms with Gasteiger partial charge in [-0.3, -0.25) is 0 Å². The quantitative estimate of drug-likeness (QED) is 0.701. The summed E-state index contributed by atoms with van der Waals surface area (Å²) in [5, 5.41) is 17.7. The van der Waals surface area contributed by atoms with Crippen LogP contribution >= 0.6 is 15.9 Å². The molecule has 0 aliphatic carbocycles. The summed E-state index contributed by atoms with van der Waals surface area (Å²) in [6.07, 6.45) is 0. The molecular formula is C19H30BBrO6. The van der Waals surface area contributed by atoms with E-state index in [1.54, 1.807) is 0 Å². The topological polar surface area (TPSA) is 101 Å². The molecule has 0 radical (unpaired) electrons. The molecule has 0 aromatic carbocycles. The van der Waals surface area contributed by atoms with E-state index in [0.29, 0.717) is 11.5 Å². The van der Waals surface area contributed by atoms with Gasteiger partial charge in [-0.2, -0.15) is 0 Å². The molecule has 2 aromatic rings. The number of hydrogen-bond donors (Lipinski definition) is 2. The molecule has 0 fully saturated rings. The Kier molecular flexibility index (Phi) is 13.8. The number of hydrogen-bond acceptors (Lipinski definition) is 6. The second kappa shape index (κ2) is 13.5. The molecule has 0 saturated heterocycles. The largest absolute Gasteiger partial charge is 0.488 e. The average molecular weight is 445 g/mol. The highest BCUT2D eigenvalue weighted by Gasteiger charge is 2.14. The van der Waals surface area contributed by atoms with Crippen LogP contribution in [0.3, 0.4) is 0 Å². The van der Waals surface area contributed by atoms with Crippen LogP contribution in [0.1, 0.15) is 72.3 Å². The van der Waals surface area contributed by atoms with Crippen molar-refractivity contribution in [3.8, 4) is 0 Å². The first-order valence-electron chi connectivity index (χ1n) is 8.41. The third-order valence-corrected chi connectivity index (χ3v) is 3.46. The number of halogens is 1. The maximum atomic E-state index is 10.9. The van der Waals surface area contributed by atoms with Gasteiger partial charge in [-0.25, -0.2) is 9.59 Å². The summed E-state index contributed by atoms with van der Waals surface area (Å²) in [6, 6.07) is 5.76. The van der Waals surface area contributed by atoms with E-state index in [9.17, 15) is 9.59 Å². The fourth-order valence-corrected chi connectivity index (χ4v) is 2.11. The molecular weight excluding hydrogens is 415 g/mol. The summed E-state index contributed by atoms with van der Waals surface area (Å²) < 4.78 is 10.6. The molecule has 2 rings (SSSR count). The Morgan fingerprint density at radius 3 is 1.63 bits per heavy atom. The molecule has 2 N–H and O–H groups in total. The Balaban J connectivity index is 0. The van der Waals surface area contributed by atoms with E-state index in [2.05, 4.69) is 15.9 Å². The zero-order valence-electron chi connectivity index (χ0n) is 15.9. The summed E-state index contributed by atoms with van der Waals surface area (Å²) in [4.78, 5) is 21.8. The van der Waals surface area contributed by atoms with Gasteiger partial charge < -0.3 is 18.9 Å². The van der Waals surface area contributed by atoms with Gasteiger partial charge >= 0.3 is 18.4 Å². The summed E-state index contributed by atoms with van der Waals surface area (Å²) in [5.74, 6) is 1.46. The van der Waals surface area contributed by atoms with E-state index in [1.165, 1.54) is 12.1 Å². The normalized spacial score (nSPS) is 9.59. The Hall–Kier alpha value is -1.64. The maximum absolute atomic E-state index is 10.9. The van der Waals surface area contributed by atoms with Gasteiger partial charge in [0.2, 0.25) is 0 Å². The Labute approximate surface area is 169 Å². The molecule has 0 aliphatic rings. The lowest BCUT2D eigenvalue weighted by molar-refractivity contribution is 0.419. The molecule has 0 amide bonds. The molecule has 27 heavy (non-hydrogen) atoms. The molecule has 0 atom stereocenters.